The van der Waals surface area contributed by atoms with Crippen LogP contribution in [-0.2, 0) is 61.8 Å². The van der Waals surface area contributed by atoms with E-state index in [-0.39, 0.29) is 30.6 Å². The van der Waals surface area contributed by atoms with Crippen LogP contribution in [0.3, 0.4) is 0 Å². The van der Waals surface area contributed by atoms with Crippen LogP contribution in [0.2, 0.25) is 0 Å². The largest absolute Gasteiger partial charge is 0.460 e. The van der Waals surface area contributed by atoms with Crippen molar-refractivity contribution in [1.82, 2.24) is 10.6 Å². The van der Waals surface area contributed by atoms with E-state index in [9.17, 15) is 19.2 Å². The van der Waals surface area contributed by atoms with Gasteiger partial charge in [-0.2, -0.15) is 0 Å². The summed E-state index contributed by atoms with van der Waals surface area (Å²) >= 11 is 0. The highest BCUT2D eigenvalue weighted by atomic mass is 16.6. The molecule has 0 heterocycles. The van der Waals surface area contributed by atoms with Gasteiger partial charge in [0, 0.05) is 37.3 Å². The Hall–Kier alpha value is -3.09. The Labute approximate surface area is 390 Å². The molecule has 0 fully saturated rings. The molecule has 18 nitrogen and oxygen atoms in total. The molecular weight excluding hydrogens is 843 g/mol. The molecule has 18 heteroatoms. The second-order valence-corrected chi connectivity index (χ2v) is 17.8. The van der Waals surface area contributed by atoms with Crippen LogP contribution in [0, 0.1) is 0 Å². The summed E-state index contributed by atoms with van der Waals surface area (Å²) in [6, 6.07) is -0.903. The second-order valence-electron chi connectivity index (χ2n) is 17.8. The predicted octanol–water partition coefficient (Wildman–Crippen LogP) is 7.72. The van der Waals surface area contributed by atoms with Crippen LogP contribution in [0.15, 0.2) is 5.11 Å². The van der Waals surface area contributed by atoms with E-state index in [1.807, 2.05) is 20.8 Å². The molecule has 0 radical (unpaired) electrons. The lowest BCUT2D eigenvalue weighted by molar-refractivity contribution is -0.159. The van der Waals surface area contributed by atoms with Gasteiger partial charge in [-0.05, 0) is 66.3 Å². The highest BCUT2D eigenvalue weighted by molar-refractivity contribution is 5.85. The molecular formula is C47H89N5O13. The zero-order valence-corrected chi connectivity index (χ0v) is 41.3. The standard InChI is InChI=1S/C47H89N5O13/c1-46(2,3)64-44(55)22-20-18-16-14-12-10-8-7-9-11-13-15-17-19-21-43(54)51-41(45(56)65-47(4,5)6)23-24-42(53)49-25-27-57-29-31-59-33-35-61-37-39-63-40-38-62-36-34-60-32-30-58-28-26-50-52-48/h41H,7-40H2,1-6H3,(H,49,53)(H,51,54). The minimum Gasteiger partial charge on any atom is -0.460 e. The number of carbonyl (C=O) groups excluding carboxylic acids is 4. The van der Waals surface area contributed by atoms with E-state index in [2.05, 4.69) is 20.7 Å². The van der Waals surface area contributed by atoms with E-state index in [4.69, 9.17) is 48.2 Å². The minimum absolute atomic E-state index is 0.0556. The van der Waals surface area contributed by atoms with E-state index in [0.717, 1.165) is 38.5 Å². The van der Waals surface area contributed by atoms with Crippen molar-refractivity contribution in [3.63, 3.8) is 0 Å². The first-order valence-corrected chi connectivity index (χ1v) is 24.3. The number of amides is 2. The summed E-state index contributed by atoms with van der Waals surface area (Å²) in [5, 5.41) is 8.98. The first-order chi connectivity index (χ1) is 31.2. The number of azide groups is 1. The van der Waals surface area contributed by atoms with Crippen LogP contribution in [0.4, 0.5) is 0 Å². The van der Waals surface area contributed by atoms with Crippen LogP contribution >= 0.6 is 0 Å². The smallest absolute Gasteiger partial charge is 0.329 e. The molecule has 0 aromatic carbocycles. The molecule has 1 unspecified atom stereocenters. The molecule has 0 aliphatic heterocycles. The summed E-state index contributed by atoms with van der Waals surface area (Å²) < 4.78 is 48.9. The van der Waals surface area contributed by atoms with Crippen molar-refractivity contribution in [2.75, 3.05) is 106 Å². The fourth-order valence-electron chi connectivity index (χ4n) is 6.16. The Morgan fingerprint density at radius 2 is 0.846 bits per heavy atom. The fraction of sp³-hybridized carbons (Fsp3) is 0.915. The summed E-state index contributed by atoms with van der Waals surface area (Å²) in [5.74, 6) is -1.09. The molecule has 0 aliphatic rings. The third-order valence-electron chi connectivity index (χ3n) is 9.34. The molecule has 2 N–H and O–H groups in total. The number of hydrogen-bond acceptors (Lipinski definition) is 14. The number of carbonyl (C=O) groups is 4. The van der Waals surface area contributed by atoms with Gasteiger partial charge >= 0.3 is 11.9 Å². The summed E-state index contributed by atoms with van der Waals surface area (Å²) in [6.45, 7) is 17.5. The lowest BCUT2D eigenvalue weighted by Crippen LogP contribution is -2.44. The van der Waals surface area contributed by atoms with Crippen molar-refractivity contribution < 1.29 is 61.8 Å². The number of ether oxygens (including phenoxy) is 9. The Morgan fingerprint density at radius 1 is 0.477 bits per heavy atom. The summed E-state index contributed by atoms with van der Waals surface area (Å²) in [5.41, 5.74) is 7.05. The maximum atomic E-state index is 12.9. The van der Waals surface area contributed by atoms with E-state index >= 15 is 0 Å². The van der Waals surface area contributed by atoms with Gasteiger partial charge in [-0.3, -0.25) is 14.4 Å². The SMILES string of the molecule is CC(C)(C)OC(=O)CCCCCCCCCCCCCCCCC(=O)NC(CCC(=O)NCCOCCOCCOCCOCCOCCOCCOCCN=[N+]=[N-])C(=O)OC(C)(C)C. The van der Waals surface area contributed by atoms with Gasteiger partial charge in [0.1, 0.15) is 17.2 Å². The highest BCUT2D eigenvalue weighted by Gasteiger charge is 2.27. The molecule has 0 spiro atoms. The molecule has 0 bridgehead atoms. The Bertz CT molecular complexity index is 1230. The number of nitrogens with one attached hydrogen (secondary N) is 2. The first-order valence-electron chi connectivity index (χ1n) is 24.3. The van der Waals surface area contributed by atoms with E-state index < -0.39 is 23.2 Å². The Morgan fingerprint density at radius 3 is 1.25 bits per heavy atom. The van der Waals surface area contributed by atoms with Crippen LogP contribution in [0.25, 0.3) is 10.4 Å². The maximum Gasteiger partial charge on any atom is 0.329 e. The second kappa shape index (κ2) is 43.5. The van der Waals surface area contributed by atoms with Gasteiger partial charge in [-0.1, -0.05) is 82.2 Å². The molecule has 0 aromatic rings. The monoisotopic (exact) mass is 932 g/mol. The molecule has 0 aliphatic carbocycles. The van der Waals surface area contributed by atoms with E-state index in [0.29, 0.717) is 118 Å². The van der Waals surface area contributed by atoms with Crippen LogP contribution in [0.1, 0.15) is 157 Å². The molecule has 65 heavy (non-hydrogen) atoms. The summed E-state index contributed by atoms with van der Waals surface area (Å²) in [4.78, 5) is 52.6. The average molecular weight is 932 g/mol. The topological polar surface area (TPSA) is 224 Å². The van der Waals surface area contributed by atoms with Gasteiger partial charge in [-0.25, -0.2) is 4.79 Å². The van der Waals surface area contributed by atoms with Crippen LogP contribution < -0.4 is 10.6 Å². The number of unbranched alkanes of at least 4 members (excludes halogenated alkanes) is 13. The average Bonchev–Trinajstić information content (AvgIpc) is 3.23. The van der Waals surface area contributed by atoms with Gasteiger partial charge in [-0.15, -0.1) is 0 Å². The molecule has 2 amide bonds. The van der Waals surface area contributed by atoms with Gasteiger partial charge in [0.15, 0.2) is 0 Å². The van der Waals surface area contributed by atoms with Gasteiger partial charge < -0.3 is 53.3 Å². The number of rotatable bonds is 46. The maximum absolute atomic E-state index is 12.9. The molecule has 0 aromatic heterocycles. The summed E-state index contributed by atoms with van der Waals surface area (Å²) in [6.07, 6.45) is 16.8. The lowest BCUT2D eigenvalue weighted by atomic mass is 10.0. The van der Waals surface area contributed by atoms with Gasteiger partial charge in [0.05, 0.1) is 92.5 Å². The predicted molar refractivity (Wildman–Crippen MR) is 249 cm³/mol. The quantitative estimate of drug-likeness (QED) is 0.0196. The molecule has 0 saturated heterocycles. The van der Waals surface area contributed by atoms with E-state index in [1.165, 1.54) is 51.4 Å². The van der Waals surface area contributed by atoms with Gasteiger partial charge in [0.25, 0.3) is 0 Å². The van der Waals surface area contributed by atoms with Crippen molar-refractivity contribution in [3.8, 4) is 0 Å². The number of nitrogens with zero attached hydrogens (tertiary/aromatic N) is 3. The molecule has 0 rings (SSSR count). The molecule has 380 valence electrons. The zero-order valence-electron chi connectivity index (χ0n) is 41.3. The first kappa shape index (κ1) is 61.9. The van der Waals surface area contributed by atoms with Crippen molar-refractivity contribution in [2.24, 2.45) is 5.11 Å². The third-order valence-corrected chi connectivity index (χ3v) is 9.34. The minimum atomic E-state index is -0.903. The highest BCUT2D eigenvalue weighted by Crippen LogP contribution is 2.16. The number of esters is 2. The van der Waals surface area contributed by atoms with Crippen molar-refractivity contribution in [3.05, 3.63) is 10.4 Å². The molecule has 1 atom stereocenters. The van der Waals surface area contributed by atoms with Crippen LogP contribution in [-0.4, -0.2) is 147 Å². The zero-order chi connectivity index (χ0) is 48.1. The van der Waals surface area contributed by atoms with E-state index in [1.54, 1.807) is 20.8 Å². The Balaban J connectivity index is 3.84. The van der Waals surface area contributed by atoms with Crippen molar-refractivity contribution in [1.29, 1.82) is 0 Å². The number of hydrogen-bond donors (Lipinski definition) is 2. The molecule has 0 saturated carbocycles. The van der Waals surface area contributed by atoms with Gasteiger partial charge in [0.2, 0.25) is 11.8 Å². The summed E-state index contributed by atoms with van der Waals surface area (Å²) in [7, 11) is 0. The Kier molecular flexibility index (Phi) is 41.4. The van der Waals surface area contributed by atoms with Crippen molar-refractivity contribution in [2.45, 2.75) is 174 Å². The normalized spacial score (nSPS) is 12.1. The third kappa shape index (κ3) is 48.7. The van der Waals surface area contributed by atoms with Crippen LogP contribution in [0.5, 0.6) is 0 Å². The van der Waals surface area contributed by atoms with Crippen molar-refractivity contribution >= 4 is 23.8 Å². The lowest BCUT2D eigenvalue weighted by Gasteiger charge is -2.24. The fourth-order valence-corrected chi connectivity index (χ4v) is 6.16.